The third-order valence-electron chi connectivity index (χ3n) is 3.93. The van der Waals surface area contributed by atoms with Crippen molar-refractivity contribution in [2.45, 2.75) is 59.6 Å². The van der Waals surface area contributed by atoms with Crippen molar-refractivity contribution in [3.63, 3.8) is 0 Å². The summed E-state index contributed by atoms with van der Waals surface area (Å²) in [6, 6.07) is 0. The lowest BCUT2D eigenvalue weighted by molar-refractivity contribution is -0.928. The molecule has 0 aromatic rings. The standard InChI is InChI=1S/C11H26NO.C6H16NO.2H2O/c1-4-7-12(8-5-2,9-6-3)10-11-13;1-5-6(8)7(2,3)4;;/h13H,4-11H2,1-3H3;6,8H,5H2,1-4H3;2*1H2/q2*+1;;/p-2. The molecule has 1 atom stereocenters. The average molecular weight is 341 g/mol. The summed E-state index contributed by atoms with van der Waals surface area (Å²) >= 11 is 0. The lowest BCUT2D eigenvalue weighted by Gasteiger charge is -2.38. The van der Waals surface area contributed by atoms with Gasteiger partial charge in [-0.25, -0.2) is 0 Å². The number of hydrogen-bond donors (Lipinski definition) is 2. The molecule has 0 aromatic carbocycles. The molecule has 6 nitrogen and oxygen atoms in total. The van der Waals surface area contributed by atoms with Crippen molar-refractivity contribution in [2.24, 2.45) is 0 Å². The van der Waals surface area contributed by atoms with Crippen LogP contribution < -0.4 is 0 Å². The molecule has 0 spiro atoms. The van der Waals surface area contributed by atoms with E-state index in [2.05, 4.69) is 20.8 Å². The predicted molar refractivity (Wildman–Crippen MR) is 95.9 cm³/mol. The van der Waals surface area contributed by atoms with Crippen molar-refractivity contribution >= 4 is 0 Å². The van der Waals surface area contributed by atoms with Gasteiger partial charge in [0.2, 0.25) is 0 Å². The van der Waals surface area contributed by atoms with Crippen LogP contribution in [0.4, 0.5) is 0 Å². The summed E-state index contributed by atoms with van der Waals surface area (Å²) in [4.78, 5) is 0. The molecule has 0 heterocycles. The lowest BCUT2D eigenvalue weighted by atomic mass is 10.2. The first-order chi connectivity index (χ1) is 9.72. The first kappa shape index (κ1) is 30.6. The fourth-order valence-electron chi connectivity index (χ4n) is 2.85. The monoisotopic (exact) mass is 340 g/mol. The highest BCUT2D eigenvalue weighted by molar-refractivity contribution is 4.44. The summed E-state index contributed by atoms with van der Waals surface area (Å²) in [5.41, 5.74) is 0. The molecule has 1 unspecified atom stereocenters. The van der Waals surface area contributed by atoms with Crippen LogP contribution in [0.25, 0.3) is 0 Å². The minimum absolute atomic E-state index is 0. The van der Waals surface area contributed by atoms with E-state index in [-0.39, 0.29) is 17.2 Å². The smallest absolute Gasteiger partial charge is 0.189 e. The van der Waals surface area contributed by atoms with Crippen LogP contribution >= 0.6 is 0 Å². The Balaban J connectivity index is -0.000000158. The van der Waals surface area contributed by atoms with Gasteiger partial charge in [0.15, 0.2) is 6.23 Å². The van der Waals surface area contributed by atoms with Crippen LogP contribution in [0.1, 0.15) is 53.4 Å². The molecule has 0 amide bonds. The Bertz CT molecular complexity index is 204. The molecule has 6 heteroatoms. The van der Waals surface area contributed by atoms with Gasteiger partial charge in [-0.3, -0.25) is 0 Å². The summed E-state index contributed by atoms with van der Waals surface area (Å²) in [6.07, 6.45) is 4.28. The van der Waals surface area contributed by atoms with Gasteiger partial charge in [0, 0.05) is 6.42 Å². The molecule has 0 saturated carbocycles. The minimum Gasteiger partial charge on any atom is -0.870 e. The maximum absolute atomic E-state index is 9.17. The highest BCUT2D eigenvalue weighted by atomic mass is 16.3. The molecule has 0 rings (SSSR count). The van der Waals surface area contributed by atoms with Crippen LogP contribution in [0.2, 0.25) is 0 Å². The Kier molecular flexibility index (Phi) is 22.1. The van der Waals surface area contributed by atoms with Crippen LogP contribution in [0.3, 0.4) is 0 Å². The Morgan fingerprint density at radius 1 is 0.739 bits per heavy atom. The van der Waals surface area contributed by atoms with Crippen molar-refractivity contribution in [1.82, 2.24) is 0 Å². The zero-order valence-electron chi connectivity index (χ0n) is 16.6. The summed E-state index contributed by atoms with van der Waals surface area (Å²) < 4.78 is 1.76. The maximum Gasteiger partial charge on any atom is 0.189 e. The molecule has 23 heavy (non-hydrogen) atoms. The Morgan fingerprint density at radius 2 is 1.09 bits per heavy atom. The summed E-state index contributed by atoms with van der Waals surface area (Å²) in [5, 5.41) is 18.2. The van der Waals surface area contributed by atoms with E-state index >= 15 is 0 Å². The normalized spacial score (nSPS) is 12.4. The highest BCUT2D eigenvalue weighted by Gasteiger charge is 2.23. The Hall–Kier alpha value is -0.240. The van der Waals surface area contributed by atoms with E-state index in [0.29, 0.717) is 11.1 Å². The lowest BCUT2D eigenvalue weighted by Crippen LogP contribution is -2.51. The zero-order valence-corrected chi connectivity index (χ0v) is 16.6. The van der Waals surface area contributed by atoms with E-state index in [1.54, 1.807) is 0 Å². The zero-order chi connectivity index (χ0) is 16.9. The van der Waals surface area contributed by atoms with Crippen molar-refractivity contribution in [3.8, 4) is 0 Å². The minimum atomic E-state index is -0.213. The molecule has 146 valence electrons. The predicted octanol–water partition coefficient (Wildman–Crippen LogP) is 2.09. The molecule has 0 aromatic heterocycles. The summed E-state index contributed by atoms with van der Waals surface area (Å²) in [6.45, 7) is 13.6. The number of aliphatic hydroxyl groups excluding tert-OH is 2. The number of quaternary nitrogens is 2. The first-order valence-electron chi connectivity index (χ1n) is 8.68. The number of nitrogens with zero attached hydrogens (tertiary/aromatic N) is 2. The van der Waals surface area contributed by atoms with Gasteiger partial charge < -0.3 is 30.1 Å². The molecule has 0 aliphatic carbocycles. The molecule has 0 bridgehead atoms. The Labute approximate surface area is 144 Å². The van der Waals surface area contributed by atoms with Gasteiger partial charge in [-0.05, 0) is 19.3 Å². The van der Waals surface area contributed by atoms with Gasteiger partial charge in [-0.1, -0.05) is 27.7 Å². The maximum atomic E-state index is 9.17. The van der Waals surface area contributed by atoms with Crippen LogP contribution in [0, 0.1) is 0 Å². The third kappa shape index (κ3) is 15.1. The van der Waals surface area contributed by atoms with Crippen LogP contribution in [-0.2, 0) is 0 Å². The molecule has 0 saturated heterocycles. The van der Waals surface area contributed by atoms with Crippen molar-refractivity contribution in [3.05, 3.63) is 0 Å². The second kappa shape index (κ2) is 16.6. The molecule has 0 aliphatic rings. The van der Waals surface area contributed by atoms with Crippen molar-refractivity contribution < 1.29 is 30.1 Å². The largest absolute Gasteiger partial charge is 0.870 e. The van der Waals surface area contributed by atoms with Crippen molar-refractivity contribution in [1.29, 1.82) is 0 Å². The van der Waals surface area contributed by atoms with Gasteiger partial charge in [0.25, 0.3) is 0 Å². The molecule has 0 aliphatic heterocycles. The van der Waals surface area contributed by atoms with Crippen LogP contribution in [0.5, 0.6) is 0 Å². The van der Waals surface area contributed by atoms with Gasteiger partial charge in [-0.2, -0.15) is 0 Å². The average Bonchev–Trinajstić information content (AvgIpc) is 2.38. The molecule has 4 N–H and O–H groups in total. The topological polar surface area (TPSA) is 100 Å². The van der Waals surface area contributed by atoms with E-state index in [4.69, 9.17) is 10.2 Å². The molecular weight excluding hydrogens is 296 g/mol. The number of hydrogen-bond acceptors (Lipinski definition) is 4. The Morgan fingerprint density at radius 3 is 1.22 bits per heavy atom. The molecule has 0 fully saturated rings. The van der Waals surface area contributed by atoms with Gasteiger partial charge in [0.1, 0.15) is 6.54 Å². The van der Waals surface area contributed by atoms with Crippen LogP contribution in [-0.4, -0.2) is 90.3 Å². The molecular formula is C17H44N2O4. The van der Waals surface area contributed by atoms with Crippen LogP contribution in [0.15, 0.2) is 0 Å². The van der Waals surface area contributed by atoms with E-state index in [1.807, 2.05) is 28.1 Å². The van der Waals surface area contributed by atoms with E-state index < -0.39 is 0 Å². The highest BCUT2D eigenvalue weighted by Crippen LogP contribution is 2.10. The third-order valence-corrected chi connectivity index (χ3v) is 3.93. The first-order valence-corrected chi connectivity index (χ1v) is 8.68. The second-order valence-electron chi connectivity index (χ2n) is 6.96. The fraction of sp³-hybridized carbons (Fsp3) is 1.00. The van der Waals surface area contributed by atoms with Gasteiger partial charge in [-0.15, -0.1) is 0 Å². The van der Waals surface area contributed by atoms with Gasteiger partial charge >= 0.3 is 0 Å². The number of rotatable bonds is 10. The van der Waals surface area contributed by atoms with Gasteiger partial charge in [0.05, 0.1) is 47.4 Å². The number of aliphatic hydroxyl groups is 2. The fourth-order valence-corrected chi connectivity index (χ4v) is 2.85. The second-order valence-corrected chi connectivity index (χ2v) is 6.96. The van der Waals surface area contributed by atoms with Crippen molar-refractivity contribution in [2.75, 3.05) is 53.9 Å². The van der Waals surface area contributed by atoms with E-state index in [0.717, 1.165) is 17.4 Å². The summed E-state index contributed by atoms with van der Waals surface area (Å²) in [5.74, 6) is 0. The van der Waals surface area contributed by atoms with E-state index in [9.17, 15) is 0 Å². The summed E-state index contributed by atoms with van der Waals surface area (Å²) in [7, 11) is 5.94. The quantitative estimate of drug-likeness (QED) is 0.470. The van der Waals surface area contributed by atoms with E-state index in [1.165, 1.54) is 38.9 Å². The molecule has 0 radical (unpaired) electrons. The SMILES string of the molecule is CCC(O)[N+](C)(C)C.CCC[N+](CCC)(CCC)CCO.[OH-].[OH-].